The summed E-state index contributed by atoms with van der Waals surface area (Å²) in [5.74, 6) is 0.630. The first-order valence-corrected chi connectivity index (χ1v) is 6.11. The third-order valence-corrected chi connectivity index (χ3v) is 2.67. The van der Waals surface area contributed by atoms with Crippen LogP contribution in [0, 0.1) is 0 Å². The molecular weight excluding hydrogens is 246 g/mol. The lowest BCUT2D eigenvalue weighted by molar-refractivity contribution is 0.0496. The maximum atomic E-state index is 11.7. The fourth-order valence-electron chi connectivity index (χ4n) is 1.98. The number of hydrogen-bond acceptors (Lipinski definition) is 4. The van der Waals surface area contributed by atoms with Gasteiger partial charge in [0.05, 0.1) is 6.04 Å². The van der Waals surface area contributed by atoms with Crippen molar-refractivity contribution in [2.24, 2.45) is 0 Å². The summed E-state index contributed by atoms with van der Waals surface area (Å²) in [4.78, 5) is 22.8. The van der Waals surface area contributed by atoms with Gasteiger partial charge in [0, 0.05) is 11.1 Å². The first-order valence-electron chi connectivity index (χ1n) is 6.11. The molecule has 0 aliphatic carbocycles. The van der Waals surface area contributed by atoms with Gasteiger partial charge < -0.3 is 14.8 Å². The molecule has 1 unspecified atom stereocenters. The molecule has 102 valence electrons. The Morgan fingerprint density at radius 3 is 2.84 bits per heavy atom. The Labute approximate surface area is 111 Å². The van der Waals surface area contributed by atoms with Crippen LogP contribution in [0.15, 0.2) is 18.2 Å². The van der Waals surface area contributed by atoms with Gasteiger partial charge in [-0.2, -0.15) is 0 Å². The lowest BCUT2D eigenvalue weighted by Crippen LogP contribution is -2.35. The van der Waals surface area contributed by atoms with Crippen LogP contribution >= 0.6 is 0 Å². The van der Waals surface area contributed by atoms with Gasteiger partial charge in [-0.25, -0.2) is 4.79 Å². The number of nitrogens with one attached hydrogen (secondary N) is 1. The predicted octanol–water partition coefficient (Wildman–Crippen LogP) is 2.46. The molecule has 1 aromatic carbocycles. The van der Waals surface area contributed by atoms with Crippen LogP contribution in [-0.4, -0.2) is 24.6 Å². The second-order valence-corrected chi connectivity index (χ2v) is 5.39. The fraction of sp³-hybridized carbons (Fsp3) is 0.429. The number of aldehydes is 1. The zero-order valence-corrected chi connectivity index (χ0v) is 11.2. The molecule has 5 heteroatoms. The normalized spacial score (nSPS) is 17.3. The van der Waals surface area contributed by atoms with E-state index in [1.165, 1.54) is 0 Å². The smallest absolute Gasteiger partial charge is 0.408 e. The summed E-state index contributed by atoms with van der Waals surface area (Å²) in [6.07, 6.45) is 0.242. The highest BCUT2D eigenvalue weighted by atomic mass is 16.6. The number of fused-ring (bicyclic) bond motifs is 1. The Morgan fingerprint density at radius 1 is 1.47 bits per heavy atom. The minimum absolute atomic E-state index is 0.305. The number of amides is 1. The molecule has 0 bridgehead atoms. The zero-order chi connectivity index (χ0) is 14.0. The van der Waals surface area contributed by atoms with Crippen molar-refractivity contribution in [3.8, 4) is 5.75 Å². The molecule has 1 amide bonds. The largest absolute Gasteiger partial charge is 0.491 e. The third kappa shape index (κ3) is 3.05. The molecule has 0 radical (unpaired) electrons. The van der Waals surface area contributed by atoms with Gasteiger partial charge in [-0.1, -0.05) is 12.1 Å². The summed E-state index contributed by atoms with van der Waals surface area (Å²) in [6, 6.07) is 4.87. The van der Waals surface area contributed by atoms with E-state index in [1.54, 1.807) is 39.0 Å². The number of ether oxygens (including phenoxy) is 2. The summed E-state index contributed by atoms with van der Waals surface area (Å²) in [6.45, 7) is 5.69. The minimum atomic E-state index is -0.559. The molecule has 0 aromatic heterocycles. The highest BCUT2D eigenvalue weighted by Crippen LogP contribution is 2.34. The van der Waals surface area contributed by atoms with E-state index in [-0.39, 0.29) is 6.04 Å². The molecule has 5 nitrogen and oxygen atoms in total. The van der Waals surface area contributed by atoms with Crippen LogP contribution in [0.1, 0.15) is 42.7 Å². The molecule has 1 atom stereocenters. The number of carbonyl (C=O) groups is 2. The molecule has 0 spiro atoms. The standard InChI is InChI=1S/C14H17NO4/c1-14(2,3)19-13(17)15-10-8-18-11-6-4-5-9(7-16)12(10)11/h4-7,10H,8H2,1-3H3,(H,15,17). The molecule has 1 N–H and O–H groups in total. The minimum Gasteiger partial charge on any atom is -0.491 e. The van der Waals surface area contributed by atoms with E-state index < -0.39 is 11.7 Å². The summed E-state index contributed by atoms with van der Waals surface area (Å²) in [5, 5.41) is 2.72. The van der Waals surface area contributed by atoms with Gasteiger partial charge in [0.1, 0.15) is 18.0 Å². The number of hydrogen-bond donors (Lipinski definition) is 1. The summed E-state index contributed by atoms with van der Waals surface area (Å²) in [7, 11) is 0. The Kier molecular flexibility index (Phi) is 3.46. The second kappa shape index (κ2) is 4.91. The molecule has 1 aliphatic rings. The van der Waals surface area contributed by atoms with Crippen LogP contribution in [0.3, 0.4) is 0 Å². The average Bonchev–Trinajstić information content (AvgIpc) is 2.70. The second-order valence-electron chi connectivity index (χ2n) is 5.39. The Balaban J connectivity index is 2.14. The maximum absolute atomic E-state index is 11.7. The molecule has 1 heterocycles. The fourth-order valence-corrected chi connectivity index (χ4v) is 1.98. The van der Waals surface area contributed by atoms with Crippen molar-refractivity contribution >= 4 is 12.4 Å². The van der Waals surface area contributed by atoms with Crippen molar-refractivity contribution in [1.29, 1.82) is 0 Å². The van der Waals surface area contributed by atoms with Gasteiger partial charge in [-0.3, -0.25) is 4.79 Å². The Morgan fingerprint density at radius 2 is 2.21 bits per heavy atom. The van der Waals surface area contributed by atoms with E-state index in [4.69, 9.17) is 9.47 Å². The number of rotatable bonds is 2. The Bertz CT molecular complexity index is 505. The molecule has 0 saturated carbocycles. The van der Waals surface area contributed by atoms with E-state index >= 15 is 0 Å². The lowest BCUT2D eigenvalue weighted by Gasteiger charge is -2.21. The molecule has 2 rings (SSSR count). The van der Waals surface area contributed by atoms with Crippen molar-refractivity contribution in [1.82, 2.24) is 5.32 Å². The first-order chi connectivity index (χ1) is 8.90. The maximum Gasteiger partial charge on any atom is 0.408 e. The van der Waals surface area contributed by atoms with Crippen molar-refractivity contribution in [2.45, 2.75) is 32.4 Å². The van der Waals surface area contributed by atoms with Gasteiger partial charge in [0.2, 0.25) is 0 Å². The highest BCUT2D eigenvalue weighted by Gasteiger charge is 2.29. The summed E-state index contributed by atoms with van der Waals surface area (Å²) < 4.78 is 10.6. The van der Waals surface area contributed by atoms with Crippen molar-refractivity contribution in [2.75, 3.05) is 6.61 Å². The molecular formula is C14H17NO4. The average molecular weight is 263 g/mol. The van der Waals surface area contributed by atoms with Crippen LogP contribution in [0.2, 0.25) is 0 Å². The lowest BCUT2D eigenvalue weighted by atomic mass is 10.0. The monoisotopic (exact) mass is 263 g/mol. The van der Waals surface area contributed by atoms with Crippen LogP contribution in [-0.2, 0) is 4.74 Å². The van der Waals surface area contributed by atoms with Gasteiger partial charge in [0.25, 0.3) is 0 Å². The van der Waals surface area contributed by atoms with E-state index in [0.717, 1.165) is 6.29 Å². The molecule has 1 aromatic rings. The molecule has 0 saturated heterocycles. The molecule has 0 fully saturated rings. The third-order valence-electron chi connectivity index (χ3n) is 2.67. The van der Waals surface area contributed by atoms with Crippen molar-refractivity contribution < 1.29 is 19.1 Å². The van der Waals surface area contributed by atoms with E-state index in [1.807, 2.05) is 0 Å². The zero-order valence-electron chi connectivity index (χ0n) is 11.2. The van der Waals surface area contributed by atoms with Crippen LogP contribution < -0.4 is 10.1 Å². The van der Waals surface area contributed by atoms with E-state index in [0.29, 0.717) is 23.5 Å². The SMILES string of the molecule is CC(C)(C)OC(=O)NC1COc2cccc(C=O)c21. The Hall–Kier alpha value is -2.04. The van der Waals surface area contributed by atoms with Gasteiger partial charge >= 0.3 is 6.09 Å². The molecule has 1 aliphatic heterocycles. The predicted molar refractivity (Wildman–Crippen MR) is 69.4 cm³/mol. The number of alkyl carbamates (subject to hydrolysis) is 1. The van der Waals surface area contributed by atoms with Crippen LogP contribution in [0.25, 0.3) is 0 Å². The quantitative estimate of drug-likeness (QED) is 0.832. The van der Waals surface area contributed by atoms with E-state index in [2.05, 4.69) is 5.32 Å². The van der Waals surface area contributed by atoms with Gasteiger partial charge in [-0.15, -0.1) is 0 Å². The summed E-state index contributed by atoms with van der Waals surface area (Å²) in [5.41, 5.74) is 0.677. The first kappa shape index (κ1) is 13.4. The van der Waals surface area contributed by atoms with E-state index in [9.17, 15) is 9.59 Å². The van der Waals surface area contributed by atoms with Gasteiger partial charge in [0.15, 0.2) is 6.29 Å². The number of carbonyl (C=O) groups excluding carboxylic acids is 2. The highest BCUT2D eigenvalue weighted by molar-refractivity contribution is 5.80. The van der Waals surface area contributed by atoms with Gasteiger partial charge in [-0.05, 0) is 26.8 Å². The number of benzene rings is 1. The topological polar surface area (TPSA) is 64.6 Å². The molecule has 19 heavy (non-hydrogen) atoms. The van der Waals surface area contributed by atoms with Crippen LogP contribution in [0.5, 0.6) is 5.75 Å². The van der Waals surface area contributed by atoms with Crippen molar-refractivity contribution in [3.05, 3.63) is 29.3 Å². The van der Waals surface area contributed by atoms with Crippen LogP contribution in [0.4, 0.5) is 4.79 Å². The summed E-state index contributed by atoms with van der Waals surface area (Å²) >= 11 is 0. The van der Waals surface area contributed by atoms with Crippen molar-refractivity contribution in [3.63, 3.8) is 0 Å².